The summed E-state index contributed by atoms with van der Waals surface area (Å²) in [6, 6.07) is 9.70. The number of benzene rings is 1. The molecule has 6 heteroatoms. The van der Waals surface area contributed by atoms with E-state index in [1.165, 1.54) is 4.90 Å². The molecule has 0 N–H and O–H groups in total. The van der Waals surface area contributed by atoms with E-state index in [1.807, 2.05) is 30.3 Å². The van der Waals surface area contributed by atoms with E-state index in [2.05, 4.69) is 0 Å². The summed E-state index contributed by atoms with van der Waals surface area (Å²) in [6.07, 6.45) is 0.165. The summed E-state index contributed by atoms with van der Waals surface area (Å²) in [5, 5.41) is 0.557. The van der Waals surface area contributed by atoms with Crippen molar-refractivity contribution in [3.63, 3.8) is 0 Å². The van der Waals surface area contributed by atoms with Gasteiger partial charge < -0.3 is 9.74 Å². The second-order valence-corrected chi connectivity index (χ2v) is 4.60. The highest BCUT2D eigenvalue weighted by Crippen LogP contribution is 2.13. The number of carbonyl (C=O) groups is 3. The van der Waals surface area contributed by atoms with Crippen molar-refractivity contribution >= 4 is 17.9 Å². The van der Waals surface area contributed by atoms with E-state index in [1.54, 1.807) is 7.05 Å². The van der Waals surface area contributed by atoms with Gasteiger partial charge in [-0.3, -0.25) is 9.59 Å². The molecule has 0 atom stereocenters. The summed E-state index contributed by atoms with van der Waals surface area (Å²) < 4.78 is 0. The lowest BCUT2D eigenvalue weighted by Crippen LogP contribution is -2.38. The van der Waals surface area contributed by atoms with E-state index in [0.717, 1.165) is 5.56 Å². The zero-order valence-corrected chi connectivity index (χ0v) is 11.2. The van der Waals surface area contributed by atoms with Crippen LogP contribution >= 0.6 is 0 Å². The predicted octanol–water partition coefficient (Wildman–Crippen LogP) is 1.36. The van der Waals surface area contributed by atoms with Gasteiger partial charge in [-0.1, -0.05) is 30.3 Å². The molecule has 106 valence electrons. The number of hydroxylamine groups is 2. The van der Waals surface area contributed by atoms with Crippen molar-refractivity contribution in [2.24, 2.45) is 0 Å². The predicted molar refractivity (Wildman–Crippen MR) is 70.3 cm³/mol. The van der Waals surface area contributed by atoms with Crippen LogP contribution in [-0.4, -0.2) is 41.5 Å². The van der Waals surface area contributed by atoms with Crippen molar-refractivity contribution in [2.75, 3.05) is 13.6 Å². The monoisotopic (exact) mass is 276 g/mol. The average molecular weight is 276 g/mol. The summed E-state index contributed by atoms with van der Waals surface area (Å²) in [7, 11) is 1.57. The molecule has 1 aliphatic rings. The van der Waals surface area contributed by atoms with Gasteiger partial charge in [-0.25, -0.2) is 4.79 Å². The lowest BCUT2D eigenvalue weighted by Gasteiger charge is -2.19. The van der Waals surface area contributed by atoms with Crippen LogP contribution in [0.5, 0.6) is 0 Å². The van der Waals surface area contributed by atoms with Gasteiger partial charge in [0, 0.05) is 26.4 Å². The summed E-state index contributed by atoms with van der Waals surface area (Å²) in [6.45, 7) is 0.444. The van der Waals surface area contributed by atoms with Gasteiger partial charge in [0.25, 0.3) is 11.8 Å². The van der Waals surface area contributed by atoms with Gasteiger partial charge in [-0.15, -0.1) is 5.06 Å². The van der Waals surface area contributed by atoms with E-state index in [9.17, 15) is 14.4 Å². The highest BCUT2D eigenvalue weighted by atomic mass is 16.7. The first-order chi connectivity index (χ1) is 9.58. The van der Waals surface area contributed by atoms with Crippen molar-refractivity contribution in [2.45, 2.75) is 19.3 Å². The molecule has 6 nitrogen and oxygen atoms in total. The number of imide groups is 1. The Bertz CT molecular complexity index is 499. The van der Waals surface area contributed by atoms with Gasteiger partial charge in [-0.2, -0.15) is 0 Å². The standard InChI is InChI=1S/C14H16N2O4/c1-15(10-9-11-5-3-2-4-6-11)14(19)20-16-12(17)7-8-13(16)18/h2-6H,7-10H2,1H3. The van der Waals surface area contributed by atoms with Crippen molar-refractivity contribution < 1.29 is 19.2 Å². The fourth-order valence-corrected chi connectivity index (χ4v) is 1.84. The summed E-state index contributed by atoms with van der Waals surface area (Å²) in [4.78, 5) is 40.6. The van der Waals surface area contributed by atoms with Gasteiger partial charge >= 0.3 is 6.09 Å². The van der Waals surface area contributed by atoms with Crippen molar-refractivity contribution in [3.8, 4) is 0 Å². The van der Waals surface area contributed by atoms with Crippen LogP contribution in [0.15, 0.2) is 30.3 Å². The first kappa shape index (κ1) is 14.0. The fraction of sp³-hybridized carbons (Fsp3) is 0.357. The van der Waals surface area contributed by atoms with Crippen LogP contribution in [0, 0.1) is 0 Å². The third-order valence-corrected chi connectivity index (χ3v) is 3.07. The van der Waals surface area contributed by atoms with Crippen LogP contribution in [0.2, 0.25) is 0 Å². The van der Waals surface area contributed by atoms with E-state index in [0.29, 0.717) is 18.0 Å². The smallest absolute Gasteiger partial charge is 0.311 e. The average Bonchev–Trinajstić information content (AvgIpc) is 2.77. The number of likely N-dealkylation sites (N-methyl/N-ethyl adjacent to an activating group) is 1. The number of carbonyl (C=O) groups excluding carboxylic acids is 3. The van der Waals surface area contributed by atoms with Crippen molar-refractivity contribution in [1.82, 2.24) is 9.96 Å². The Hall–Kier alpha value is -2.37. The fourth-order valence-electron chi connectivity index (χ4n) is 1.84. The molecule has 0 aromatic heterocycles. The Kier molecular flexibility index (Phi) is 4.34. The van der Waals surface area contributed by atoms with Crippen LogP contribution in [0.3, 0.4) is 0 Å². The molecule has 0 saturated carbocycles. The Morgan fingerprint density at radius 1 is 1.20 bits per heavy atom. The van der Waals surface area contributed by atoms with Crippen LogP contribution in [-0.2, 0) is 20.8 Å². The molecule has 1 saturated heterocycles. The Labute approximate surface area is 116 Å². The van der Waals surface area contributed by atoms with Crippen LogP contribution in [0.25, 0.3) is 0 Å². The lowest BCUT2D eigenvalue weighted by molar-refractivity contribution is -0.173. The molecule has 1 aromatic rings. The topological polar surface area (TPSA) is 66.9 Å². The highest BCUT2D eigenvalue weighted by Gasteiger charge is 2.33. The summed E-state index contributed by atoms with van der Waals surface area (Å²) in [5.74, 6) is -0.945. The molecule has 0 unspecified atom stereocenters. The molecule has 1 fully saturated rings. The van der Waals surface area contributed by atoms with Crippen LogP contribution in [0.4, 0.5) is 4.79 Å². The van der Waals surface area contributed by atoms with Gasteiger partial charge in [0.1, 0.15) is 0 Å². The quantitative estimate of drug-likeness (QED) is 0.779. The van der Waals surface area contributed by atoms with E-state index in [4.69, 9.17) is 4.84 Å². The molecule has 1 aromatic carbocycles. The second-order valence-electron chi connectivity index (χ2n) is 4.60. The molecule has 0 bridgehead atoms. The molecular formula is C14H16N2O4. The van der Waals surface area contributed by atoms with E-state index < -0.39 is 17.9 Å². The maximum Gasteiger partial charge on any atom is 0.434 e. The summed E-state index contributed by atoms with van der Waals surface area (Å²) in [5.41, 5.74) is 1.10. The number of hydrogen-bond acceptors (Lipinski definition) is 4. The van der Waals surface area contributed by atoms with E-state index >= 15 is 0 Å². The Morgan fingerprint density at radius 2 is 1.80 bits per heavy atom. The molecule has 20 heavy (non-hydrogen) atoms. The lowest BCUT2D eigenvalue weighted by atomic mass is 10.1. The minimum atomic E-state index is -0.704. The molecule has 0 radical (unpaired) electrons. The maximum atomic E-state index is 11.8. The molecule has 0 spiro atoms. The zero-order valence-electron chi connectivity index (χ0n) is 11.2. The molecule has 1 aliphatic heterocycles. The summed E-state index contributed by atoms with van der Waals surface area (Å²) >= 11 is 0. The van der Waals surface area contributed by atoms with Gasteiger partial charge in [-0.05, 0) is 12.0 Å². The molecule has 0 aliphatic carbocycles. The highest BCUT2D eigenvalue weighted by molar-refractivity contribution is 6.01. The normalized spacial score (nSPS) is 14.6. The molecule has 3 amide bonds. The Balaban J connectivity index is 1.83. The number of nitrogens with zero attached hydrogens (tertiary/aromatic N) is 2. The third-order valence-electron chi connectivity index (χ3n) is 3.07. The van der Waals surface area contributed by atoms with Crippen molar-refractivity contribution in [1.29, 1.82) is 0 Å². The number of hydrogen-bond donors (Lipinski definition) is 0. The zero-order chi connectivity index (χ0) is 14.5. The van der Waals surface area contributed by atoms with E-state index in [-0.39, 0.29) is 12.8 Å². The second kappa shape index (κ2) is 6.18. The first-order valence-corrected chi connectivity index (χ1v) is 6.40. The number of amides is 3. The number of rotatable bonds is 4. The largest absolute Gasteiger partial charge is 0.434 e. The molecule has 1 heterocycles. The Morgan fingerprint density at radius 3 is 2.40 bits per heavy atom. The van der Waals surface area contributed by atoms with Crippen LogP contribution < -0.4 is 0 Å². The van der Waals surface area contributed by atoms with Gasteiger partial charge in [0.2, 0.25) is 0 Å². The SMILES string of the molecule is CN(CCc1ccccc1)C(=O)ON1C(=O)CCC1=O. The van der Waals surface area contributed by atoms with Gasteiger partial charge in [0.15, 0.2) is 0 Å². The minimum absolute atomic E-state index is 0.0971. The third kappa shape index (κ3) is 3.34. The molecule has 2 rings (SSSR count). The molecular weight excluding hydrogens is 260 g/mol. The van der Waals surface area contributed by atoms with Crippen LogP contribution in [0.1, 0.15) is 18.4 Å². The van der Waals surface area contributed by atoms with Gasteiger partial charge in [0.05, 0.1) is 0 Å². The minimum Gasteiger partial charge on any atom is -0.311 e. The first-order valence-electron chi connectivity index (χ1n) is 6.40. The maximum absolute atomic E-state index is 11.8. The van der Waals surface area contributed by atoms with Crippen molar-refractivity contribution in [3.05, 3.63) is 35.9 Å².